The molecule has 3 aromatic rings. The molecule has 1 aliphatic carbocycles. The molecule has 3 heterocycles. The number of ether oxygens (including phenoxy) is 4. The van der Waals surface area contributed by atoms with Gasteiger partial charge < -0.3 is 65.3 Å². The van der Waals surface area contributed by atoms with Crippen LogP contribution >= 0.6 is 0 Å². The maximum Gasteiger partial charge on any atom is 0.407 e. The quantitative estimate of drug-likeness (QED) is 0.0933. The standard InChI is InChI=1S/C34H41N5O14/c1-15(41)35-25-27(43)30(24(13-40)51-32(25)48)53-33-29(45)28(44)26(42)23(52-33)12-39-11-16(37-38-39)10-22(31(46)47)36-34(49)50-14-21-19-8-4-2-6-17(19)18-7-3-5-9-20(18)21/h2-9,11,21-30,32-33,40,42-45,48H,10,12-14H2,1H3,(H,35,41)(H,36,49)(H,46,47)/t22?,23?,24?,25?,26-,27+,28-,29?,30+,32+,33-/m0/s1. The number of hydrogen-bond acceptors (Lipinski definition) is 15. The van der Waals surface area contributed by atoms with Gasteiger partial charge in [-0.05, 0) is 22.3 Å². The lowest BCUT2D eigenvalue weighted by molar-refractivity contribution is -0.344. The average molecular weight is 744 g/mol. The highest BCUT2D eigenvalue weighted by molar-refractivity contribution is 5.81. The summed E-state index contributed by atoms with van der Waals surface area (Å²) >= 11 is 0. The number of hydrogen-bond donors (Lipinski definition) is 9. The summed E-state index contributed by atoms with van der Waals surface area (Å²) in [6.07, 6.45) is -14.5. The monoisotopic (exact) mass is 743 g/mol. The van der Waals surface area contributed by atoms with E-state index in [-0.39, 0.29) is 31.2 Å². The number of carboxylic acids is 1. The minimum Gasteiger partial charge on any atom is -0.480 e. The van der Waals surface area contributed by atoms with Crippen molar-refractivity contribution in [3.63, 3.8) is 0 Å². The largest absolute Gasteiger partial charge is 0.480 e. The SMILES string of the molecule is CC(=O)NC1[C@H](O)OC(CO)[C@@H](O[C@@H]2OC(Cn3cc(CC(NC(=O)OCC4c5ccccc5-c5ccccc54)C(=O)O)nn3)[C@H](O)[C@H](O)C2O)[C@@H]1O. The van der Waals surface area contributed by atoms with E-state index >= 15 is 0 Å². The van der Waals surface area contributed by atoms with Gasteiger partial charge in [-0.3, -0.25) is 4.79 Å². The number of rotatable bonds is 12. The first-order valence-corrected chi connectivity index (χ1v) is 16.8. The van der Waals surface area contributed by atoms with Crippen LogP contribution in [0.3, 0.4) is 0 Å². The molecule has 3 aliphatic rings. The molecule has 2 fully saturated rings. The summed E-state index contributed by atoms with van der Waals surface area (Å²) in [5.41, 5.74) is 4.18. The molecule has 0 spiro atoms. The fourth-order valence-corrected chi connectivity index (χ4v) is 6.87. The molecule has 286 valence electrons. The van der Waals surface area contributed by atoms with Gasteiger partial charge in [0, 0.05) is 25.5 Å². The van der Waals surface area contributed by atoms with E-state index in [1.165, 1.54) is 10.9 Å². The Bertz CT molecular complexity index is 1730. The zero-order chi connectivity index (χ0) is 38.0. The first-order chi connectivity index (χ1) is 25.4. The smallest absolute Gasteiger partial charge is 0.407 e. The molecule has 0 saturated carbocycles. The third-order valence-corrected chi connectivity index (χ3v) is 9.50. The predicted molar refractivity (Wildman–Crippen MR) is 176 cm³/mol. The lowest BCUT2D eigenvalue weighted by Gasteiger charge is -2.46. The van der Waals surface area contributed by atoms with Crippen LogP contribution in [0.1, 0.15) is 29.7 Å². The second kappa shape index (κ2) is 16.2. The molecule has 5 unspecified atom stereocenters. The number of carboxylic acid groups (broad SMARTS) is 1. The number of nitrogens with zero attached hydrogens (tertiary/aromatic N) is 3. The summed E-state index contributed by atoms with van der Waals surface area (Å²) < 4.78 is 23.4. The highest BCUT2D eigenvalue weighted by Gasteiger charge is 2.51. The van der Waals surface area contributed by atoms with Crippen LogP contribution in [0.25, 0.3) is 11.1 Å². The topological polar surface area (TPSA) is 285 Å². The Morgan fingerprint density at radius 2 is 1.57 bits per heavy atom. The van der Waals surface area contributed by atoms with E-state index in [0.29, 0.717) is 0 Å². The Labute approximate surface area is 301 Å². The van der Waals surface area contributed by atoms with Crippen molar-refractivity contribution in [2.24, 2.45) is 0 Å². The third kappa shape index (κ3) is 8.17. The van der Waals surface area contributed by atoms with Crippen molar-refractivity contribution in [2.75, 3.05) is 13.2 Å². The lowest BCUT2D eigenvalue weighted by atomic mass is 9.95. The molecule has 6 rings (SSSR count). The van der Waals surface area contributed by atoms with Crippen LogP contribution in [0, 0.1) is 0 Å². The van der Waals surface area contributed by atoms with Gasteiger partial charge in [0.2, 0.25) is 5.91 Å². The van der Waals surface area contributed by atoms with E-state index < -0.39 is 92.0 Å². The molecule has 2 saturated heterocycles. The second-order valence-corrected chi connectivity index (χ2v) is 13.1. The van der Waals surface area contributed by atoms with Crippen LogP contribution < -0.4 is 10.6 Å². The van der Waals surface area contributed by atoms with Crippen LogP contribution in [0.15, 0.2) is 54.7 Å². The highest BCUT2D eigenvalue weighted by Crippen LogP contribution is 2.44. The molecule has 2 aromatic carbocycles. The Hall–Kier alpha value is -4.57. The van der Waals surface area contributed by atoms with E-state index in [9.17, 15) is 50.1 Å². The van der Waals surface area contributed by atoms with Gasteiger partial charge in [-0.15, -0.1) is 5.10 Å². The van der Waals surface area contributed by atoms with E-state index in [0.717, 1.165) is 29.2 Å². The zero-order valence-electron chi connectivity index (χ0n) is 28.3. The number of aliphatic carboxylic acids is 1. The van der Waals surface area contributed by atoms with Gasteiger partial charge in [0.1, 0.15) is 61.4 Å². The van der Waals surface area contributed by atoms with Crippen LogP contribution in [0.4, 0.5) is 4.79 Å². The summed E-state index contributed by atoms with van der Waals surface area (Å²) in [4.78, 5) is 36.5. The summed E-state index contributed by atoms with van der Waals surface area (Å²) in [6, 6.07) is 12.7. The Balaban J connectivity index is 1.06. The lowest BCUT2D eigenvalue weighted by Crippen LogP contribution is -2.67. The van der Waals surface area contributed by atoms with Crippen LogP contribution in [-0.4, -0.2) is 149 Å². The van der Waals surface area contributed by atoms with Crippen LogP contribution in [-0.2, 0) is 41.5 Å². The highest BCUT2D eigenvalue weighted by atomic mass is 16.7. The number of aliphatic hydroxyl groups excluding tert-OH is 6. The Morgan fingerprint density at radius 3 is 2.19 bits per heavy atom. The molecule has 1 aromatic heterocycles. The van der Waals surface area contributed by atoms with Crippen molar-refractivity contribution in [1.82, 2.24) is 25.6 Å². The van der Waals surface area contributed by atoms with E-state index in [1.54, 1.807) is 0 Å². The molecule has 53 heavy (non-hydrogen) atoms. The number of aromatic nitrogens is 3. The summed E-state index contributed by atoms with van der Waals surface area (Å²) in [7, 11) is 0. The van der Waals surface area contributed by atoms with Gasteiger partial charge in [0.15, 0.2) is 12.6 Å². The minimum absolute atomic E-state index is 0.0252. The average Bonchev–Trinajstić information content (AvgIpc) is 3.72. The van der Waals surface area contributed by atoms with E-state index in [1.807, 2.05) is 48.5 Å². The van der Waals surface area contributed by atoms with Gasteiger partial charge >= 0.3 is 12.1 Å². The van der Waals surface area contributed by atoms with Gasteiger partial charge in [0.05, 0.1) is 18.8 Å². The van der Waals surface area contributed by atoms with Crippen LogP contribution in [0.5, 0.6) is 0 Å². The fourth-order valence-electron chi connectivity index (χ4n) is 6.87. The van der Waals surface area contributed by atoms with Crippen molar-refractivity contribution in [3.05, 3.63) is 71.5 Å². The van der Waals surface area contributed by atoms with Gasteiger partial charge in [-0.1, -0.05) is 53.7 Å². The minimum atomic E-state index is -1.86. The van der Waals surface area contributed by atoms with Crippen LogP contribution in [0.2, 0.25) is 0 Å². The van der Waals surface area contributed by atoms with Crippen molar-refractivity contribution in [2.45, 2.75) is 93.2 Å². The molecular weight excluding hydrogens is 702 g/mol. The number of nitrogens with one attached hydrogen (secondary N) is 2. The molecular formula is C34H41N5O14. The Kier molecular flexibility index (Phi) is 11.7. The molecule has 2 amide bonds. The maximum atomic E-state index is 12.8. The number of amides is 2. The molecule has 19 nitrogen and oxygen atoms in total. The molecule has 0 bridgehead atoms. The number of carbonyl (C=O) groups is 3. The summed E-state index contributed by atoms with van der Waals surface area (Å²) in [6.45, 7) is 0.0682. The third-order valence-electron chi connectivity index (χ3n) is 9.50. The number of alkyl carbamates (subject to hydrolysis) is 1. The van der Waals surface area contributed by atoms with Crippen molar-refractivity contribution in [3.8, 4) is 11.1 Å². The first kappa shape index (κ1) is 38.2. The number of benzene rings is 2. The molecule has 0 radical (unpaired) electrons. The molecule has 9 N–H and O–H groups in total. The van der Waals surface area contributed by atoms with Crippen molar-refractivity contribution >= 4 is 18.0 Å². The number of fused-ring (bicyclic) bond motifs is 3. The van der Waals surface area contributed by atoms with Gasteiger partial charge in [-0.2, -0.15) is 0 Å². The number of aliphatic hydroxyl groups is 6. The Morgan fingerprint density at radius 1 is 0.906 bits per heavy atom. The number of carbonyl (C=O) groups excluding carboxylic acids is 2. The maximum absolute atomic E-state index is 12.8. The normalized spacial score (nSPS) is 30.2. The molecule has 11 atom stereocenters. The zero-order valence-corrected chi connectivity index (χ0v) is 28.3. The second-order valence-electron chi connectivity index (χ2n) is 13.1. The molecule has 2 aliphatic heterocycles. The van der Waals surface area contributed by atoms with E-state index in [2.05, 4.69) is 20.9 Å². The van der Waals surface area contributed by atoms with Gasteiger partial charge in [-0.25, -0.2) is 14.3 Å². The fraction of sp³-hybridized carbons (Fsp3) is 0.500. The van der Waals surface area contributed by atoms with E-state index in [4.69, 9.17) is 18.9 Å². The summed E-state index contributed by atoms with van der Waals surface area (Å²) in [5.74, 6) is -2.20. The van der Waals surface area contributed by atoms with Gasteiger partial charge in [0.25, 0.3) is 0 Å². The predicted octanol–water partition coefficient (Wildman–Crippen LogP) is -2.42. The van der Waals surface area contributed by atoms with Crippen molar-refractivity contribution < 1.29 is 69.1 Å². The summed E-state index contributed by atoms with van der Waals surface area (Å²) in [5, 5.41) is 85.2. The van der Waals surface area contributed by atoms with Crippen molar-refractivity contribution in [1.29, 1.82) is 0 Å². The first-order valence-electron chi connectivity index (χ1n) is 16.8. The molecule has 19 heteroatoms.